The summed E-state index contributed by atoms with van der Waals surface area (Å²) in [5.74, 6) is 3.04. The van der Waals surface area contributed by atoms with Gasteiger partial charge < -0.3 is 14.9 Å². The normalized spacial score (nSPS) is 57.5. The van der Waals surface area contributed by atoms with E-state index in [2.05, 4.69) is 27.7 Å². The van der Waals surface area contributed by atoms with Crippen LogP contribution in [0, 0.1) is 50.7 Å². The summed E-state index contributed by atoms with van der Waals surface area (Å²) in [6.45, 7) is 14.8. The Hall–Kier alpha value is -0.120. The number of aliphatic hydroxyl groups is 2. The Kier molecular flexibility index (Phi) is 4.80. The van der Waals surface area contributed by atoms with E-state index in [4.69, 9.17) is 4.74 Å². The highest BCUT2D eigenvalue weighted by atomic mass is 16.5. The monoisotopic (exact) mass is 458 g/mol. The molecule has 0 aromatic heterocycles. The summed E-state index contributed by atoms with van der Waals surface area (Å²) in [7, 11) is 0. The molecule has 2 N–H and O–H groups in total. The molecule has 1 heterocycles. The number of rotatable bonds is 2. The van der Waals surface area contributed by atoms with Gasteiger partial charge in [-0.3, -0.25) is 0 Å². The predicted molar refractivity (Wildman–Crippen MR) is 132 cm³/mol. The van der Waals surface area contributed by atoms with Gasteiger partial charge in [-0.15, -0.1) is 0 Å². The largest absolute Gasteiger partial charge is 0.393 e. The van der Waals surface area contributed by atoms with Crippen LogP contribution in [-0.4, -0.2) is 34.6 Å². The zero-order valence-corrected chi connectivity index (χ0v) is 22.3. The first-order valence-corrected chi connectivity index (χ1v) is 14.3. The van der Waals surface area contributed by atoms with Gasteiger partial charge in [-0.2, -0.15) is 0 Å². The molecule has 0 amide bonds. The van der Waals surface area contributed by atoms with Gasteiger partial charge in [-0.05, 0) is 135 Å². The summed E-state index contributed by atoms with van der Waals surface area (Å²) in [5, 5.41) is 21.3. The van der Waals surface area contributed by atoms with Gasteiger partial charge in [0.15, 0.2) is 0 Å². The van der Waals surface area contributed by atoms with Gasteiger partial charge in [0.05, 0.1) is 24.4 Å². The summed E-state index contributed by atoms with van der Waals surface area (Å²) in [5.41, 5.74) is 1.36. The predicted octanol–water partition coefficient (Wildman–Crippen LogP) is 6.35. The van der Waals surface area contributed by atoms with E-state index in [0.717, 1.165) is 37.2 Å². The number of ether oxygens (including phenoxy) is 1. The van der Waals surface area contributed by atoms with E-state index in [1.807, 2.05) is 13.8 Å². The summed E-state index contributed by atoms with van der Waals surface area (Å²) in [6, 6.07) is 0. The molecule has 10 atom stereocenters. The van der Waals surface area contributed by atoms with Crippen LogP contribution in [0.1, 0.15) is 112 Å². The van der Waals surface area contributed by atoms with Crippen molar-refractivity contribution in [3.63, 3.8) is 0 Å². The second-order valence-electron chi connectivity index (χ2n) is 15.3. The van der Waals surface area contributed by atoms with E-state index >= 15 is 0 Å². The second kappa shape index (κ2) is 6.80. The van der Waals surface area contributed by atoms with Crippen molar-refractivity contribution in [2.75, 3.05) is 6.61 Å². The molecular formula is C30H50O3. The van der Waals surface area contributed by atoms with Gasteiger partial charge in [0.25, 0.3) is 0 Å². The molecule has 5 saturated carbocycles. The molecule has 6 fully saturated rings. The lowest BCUT2D eigenvalue weighted by atomic mass is 9.41. The molecule has 33 heavy (non-hydrogen) atoms. The van der Waals surface area contributed by atoms with Crippen LogP contribution < -0.4 is 0 Å². The van der Waals surface area contributed by atoms with E-state index in [-0.39, 0.29) is 17.6 Å². The van der Waals surface area contributed by atoms with Crippen molar-refractivity contribution in [1.29, 1.82) is 0 Å². The van der Waals surface area contributed by atoms with Gasteiger partial charge in [0.1, 0.15) is 0 Å². The van der Waals surface area contributed by atoms with Gasteiger partial charge >= 0.3 is 0 Å². The molecule has 2 spiro atoms. The van der Waals surface area contributed by atoms with Crippen LogP contribution in [-0.2, 0) is 4.74 Å². The van der Waals surface area contributed by atoms with Crippen molar-refractivity contribution in [1.82, 2.24) is 0 Å². The van der Waals surface area contributed by atoms with Gasteiger partial charge in [-0.25, -0.2) is 0 Å². The van der Waals surface area contributed by atoms with Crippen LogP contribution in [0.5, 0.6) is 0 Å². The molecule has 6 rings (SSSR count). The Balaban J connectivity index is 1.25. The standard InChI is InChI=1S/C30H50O3/c1-25(2)21-8-9-22-28(6)13-11-20(19-7-10-24(33-17-19)26(3,4)32)27(28,5)15-16-30(22)18-29(21,30)14-12-23(25)31/h19-24,31-32H,7-18H2,1-6H3/t19-,20+,21-,22-,23+,24+,27+,28-,29+,30-/m0/s1. The Morgan fingerprint density at radius 2 is 1.45 bits per heavy atom. The van der Waals surface area contributed by atoms with Crippen LogP contribution in [0.3, 0.4) is 0 Å². The zero-order valence-electron chi connectivity index (χ0n) is 22.3. The molecule has 3 nitrogen and oxygen atoms in total. The van der Waals surface area contributed by atoms with Crippen molar-refractivity contribution in [3.05, 3.63) is 0 Å². The fourth-order valence-electron chi connectivity index (χ4n) is 11.8. The van der Waals surface area contributed by atoms with Crippen LogP contribution in [0.4, 0.5) is 0 Å². The fraction of sp³-hybridized carbons (Fsp3) is 1.00. The first-order chi connectivity index (χ1) is 15.3. The summed E-state index contributed by atoms with van der Waals surface area (Å²) in [6.07, 6.45) is 14.2. The molecule has 0 aromatic rings. The highest BCUT2D eigenvalue weighted by Crippen LogP contribution is 2.89. The lowest BCUT2D eigenvalue weighted by Gasteiger charge is -2.63. The summed E-state index contributed by atoms with van der Waals surface area (Å²) in [4.78, 5) is 0. The first kappa shape index (κ1) is 23.3. The zero-order chi connectivity index (χ0) is 23.7. The minimum atomic E-state index is -0.726. The van der Waals surface area contributed by atoms with Crippen molar-refractivity contribution >= 4 is 0 Å². The molecule has 0 unspecified atom stereocenters. The number of hydrogen-bond donors (Lipinski definition) is 2. The van der Waals surface area contributed by atoms with E-state index in [1.54, 1.807) is 0 Å². The van der Waals surface area contributed by atoms with E-state index < -0.39 is 5.60 Å². The third kappa shape index (κ3) is 2.74. The Bertz CT molecular complexity index is 806. The molecule has 1 saturated heterocycles. The van der Waals surface area contributed by atoms with Crippen molar-refractivity contribution in [2.24, 2.45) is 50.7 Å². The van der Waals surface area contributed by atoms with Crippen LogP contribution in [0.15, 0.2) is 0 Å². The third-order valence-electron chi connectivity index (χ3n) is 13.8. The smallest absolute Gasteiger partial charge is 0.0856 e. The van der Waals surface area contributed by atoms with E-state index in [0.29, 0.717) is 27.6 Å². The molecule has 6 aliphatic rings. The quantitative estimate of drug-likeness (QED) is 0.507. The van der Waals surface area contributed by atoms with Crippen molar-refractivity contribution < 1.29 is 14.9 Å². The molecule has 1 aliphatic heterocycles. The maximum absolute atomic E-state index is 10.9. The molecule has 0 aromatic carbocycles. The molecule has 0 bridgehead atoms. The Morgan fingerprint density at radius 3 is 2.12 bits per heavy atom. The average molecular weight is 459 g/mol. The third-order valence-corrected chi connectivity index (χ3v) is 13.8. The number of fused-ring (bicyclic) bond motifs is 2. The van der Waals surface area contributed by atoms with Gasteiger partial charge in [0, 0.05) is 0 Å². The SMILES string of the molecule is CC(C)(O)[C@H]1CC[C@H]([C@H]2CC[C@@]3(C)[C@@H]4CC[C@H]5C(C)(C)[C@H](O)CC[C@@]56C[C@@]46CC[C@]23C)CO1. The number of hydrogen-bond acceptors (Lipinski definition) is 3. The molecular weight excluding hydrogens is 408 g/mol. The first-order valence-electron chi connectivity index (χ1n) is 14.3. The van der Waals surface area contributed by atoms with Crippen LogP contribution >= 0.6 is 0 Å². The van der Waals surface area contributed by atoms with E-state index in [1.165, 1.54) is 57.8 Å². The van der Waals surface area contributed by atoms with Gasteiger partial charge in [-0.1, -0.05) is 27.7 Å². The fourth-order valence-corrected chi connectivity index (χ4v) is 11.8. The number of aliphatic hydroxyl groups excluding tert-OH is 1. The highest BCUT2D eigenvalue weighted by Gasteiger charge is 2.82. The lowest BCUT2D eigenvalue weighted by Crippen LogP contribution is -2.58. The van der Waals surface area contributed by atoms with Gasteiger partial charge in [0.2, 0.25) is 0 Å². The van der Waals surface area contributed by atoms with Crippen LogP contribution in [0.25, 0.3) is 0 Å². The maximum Gasteiger partial charge on any atom is 0.0856 e. The summed E-state index contributed by atoms with van der Waals surface area (Å²) < 4.78 is 6.29. The average Bonchev–Trinajstić information content (AvgIpc) is 3.33. The topological polar surface area (TPSA) is 49.7 Å². The van der Waals surface area contributed by atoms with Crippen molar-refractivity contribution in [2.45, 2.75) is 130 Å². The van der Waals surface area contributed by atoms with Crippen molar-refractivity contribution in [3.8, 4) is 0 Å². The highest BCUT2D eigenvalue weighted by molar-refractivity contribution is 5.30. The molecule has 0 radical (unpaired) electrons. The molecule has 188 valence electrons. The summed E-state index contributed by atoms with van der Waals surface area (Å²) >= 11 is 0. The molecule has 3 heteroatoms. The Morgan fingerprint density at radius 1 is 0.758 bits per heavy atom. The minimum Gasteiger partial charge on any atom is -0.393 e. The Labute approximate surface area is 202 Å². The lowest BCUT2D eigenvalue weighted by molar-refractivity contribution is -0.172. The second-order valence-corrected chi connectivity index (χ2v) is 15.3. The molecule has 5 aliphatic carbocycles. The van der Waals surface area contributed by atoms with E-state index in [9.17, 15) is 10.2 Å². The van der Waals surface area contributed by atoms with Crippen LogP contribution in [0.2, 0.25) is 0 Å². The minimum absolute atomic E-state index is 0.00410. The maximum atomic E-state index is 10.9.